The number of carbonyl (C=O) groups excluding carboxylic acids is 1. The number of anilines is 1. The molecule has 0 bridgehead atoms. The van der Waals surface area contributed by atoms with Gasteiger partial charge in [-0.15, -0.1) is 5.10 Å². The number of carbonyl (C=O) groups is 1. The third kappa shape index (κ3) is 3.84. The van der Waals surface area contributed by atoms with Gasteiger partial charge in [0, 0.05) is 16.7 Å². The van der Waals surface area contributed by atoms with E-state index in [0.717, 1.165) is 16.9 Å². The van der Waals surface area contributed by atoms with Crippen molar-refractivity contribution >= 4 is 33.5 Å². The number of thiazole rings is 1. The predicted octanol–water partition coefficient (Wildman–Crippen LogP) is 4.72. The molecule has 0 spiro atoms. The predicted molar refractivity (Wildman–Crippen MR) is 143 cm³/mol. The van der Waals surface area contributed by atoms with E-state index in [1.165, 1.54) is 21.0 Å². The van der Waals surface area contributed by atoms with Gasteiger partial charge < -0.3 is 4.90 Å². The minimum atomic E-state index is -0.393. The maximum absolute atomic E-state index is 14.4. The zero-order valence-electron chi connectivity index (χ0n) is 20.5. The number of aromatic nitrogens is 3. The fourth-order valence-corrected chi connectivity index (χ4v) is 5.58. The third-order valence-corrected chi connectivity index (χ3v) is 7.63. The van der Waals surface area contributed by atoms with E-state index in [1.807, 2.05) is 48.5 Å². The average molecular weight is 511 g/mol. The Labute approximate surface area is 216 Å². The van der Waals surface area contributed by atoms with Crippen molar-refractivity contribution in [2.75, 3.05) is 4.90 Å². The summed E-state index contributed by atoms with van der Waals surface area (Å²) in [7, 11) is 0. The van der Waals surface area contributed by atoms with E-state index in [4.69, 9.17) is 0 Å². The normalized spacial score (nSPS) is 15.0. The summed E-state index contributed by atoms with van der Waals surface area (Å²) in [6.45, 7) is 6.51. The summed E-state index contributed by atoms with van der Waals surface area (Å²) in [5.41, 5.74) is 3.63. The zero-order chi connectivity index (χ0) is 25.9. The van der Waals surface area contributed by atoms with Crippen LogP contribution in [0.25, 0.3) is 21.9 Å². The first-order valence-corrected chi connectivity index (χ1v) is 12.7. The first-order chi connectivity index (χ1) is 17.7. The van der Waals surface area contributed by atoms with E-state index >= 15 is 0 Å². The molecule has 0 saturated heterocycles. The lowest BCUT2D eigenvalue weighted by Crippen LogP contribution is -2.32. The van der Waals surface area contributed by atoms with Crippen LogP contribution in [0.4, 0.5) is 10.1 Å². The fraction of sp³-hybridized carbons (Fsp3) is 0.172. The molecule has 0 unspecified atom stereocenters. The average Bonchev–Trinajstić information content (AvgIpc) is 3.51. The van der Waals surface area contributed by atoms with Crippen LogP contribution in [-0.2, 0) is 16.8 Å². The number of nitrogens with zero attached hydrogens (tertiary/aromatic N) is 4. The Kier molecular flexibility index (Phi) is 5.31. The van der Waals surface area contributed by atoms with Crippen LogP contribution in [-0.4, -0.2) is 20.5 Å². The van der Waals surface area contributed by atoms with E-state index in [9.17, 15) is 14.0 Å². The smallest absolute Gasteiger partial charge is 0.291 e. The van der Waals surface area contributed by atoms with Crippen molar-refractivity contribution in [2.45, 2.75) is 32.7 Å². The second-order valence-corrected chi connectivity index (χ2v) is 11.0. The van der Waals surface area contributed by atoms with Crippen molar-refractivity contribution in [3.8, 4) is 11.4 Å². The SMILES string of the molecule is CC(C)(C)c1ccc(-c2nc3s/c(=C4\C(=O)N(Cc5ccccc5F)c5ccccc54)c(=O)n3n2)cc1. The molecular weight excluding hydrogens is 487 g/mol. The van der Waals surface area contributed by atoms with Crippen molar-refractivity contribution in [2.24, 2.45) is 0 Å². The minimum Gasteiger partial charge on any atom is -0.303 e. The van der Waals surface area contributed by atoms with Gasteiger partial charge in [0.05, 0.1) is 17.8 Å². The van der Waals surface area contributed by atoms with Crippen molar-refractivity contribution < 1.29 is 9.18 Å². The first-order valence-electron chi connectivity index (χ1n) is 11.9. The highest BCUT2D eigenvalue weighted by Crippen LogP contribution is 2.36. The van der Waals surface area contributed by atoms with E-state index < -0.39 is 5.56 Å². The van der Waals surface area contributed by atoms with Crippen LogP contribution in [0, 0.1) is 5.82 Å². The van der Waals surface area contributed by atoms with Gasteiger partial charge in [-0.05, 0) is 23.1 Å². The topological polar surface area (TPSA) is 67.6 Å². The number of rotatable bonds is 3. The second kappa shape index (κ2) is 8.45. The molecule has 0 atom stereocenters. The summed E-state index contributed by atoms with van der Waals surface area (Å²) < 4.78 is 15.9. The first kappa shape index (κ1) is 23.2. The molecule has 3 aromatic carbocycles. The van der Waals surface area contributed by atoms with E-state index in [1.54, 1.807) is 18.2 Å². The van der Waals surface area contributed by atoms with Crippen molar-refractivity contribution in [1.29, 1.82) is 0 Å². The van der Waals surface area contributed by atoms with Crippen LogP contribution in [0.3, 0.4) is 0 Å². The van der Waals surface area contributed by atoms with Gasteiger partial charge in [-0.25, -0.2) is 4.39 Å². The molecule has 6 rings (SSSR count). The molecule has 0 radical (unpaired) electrons. The Morgan fingerprint density at radius 1 is 0.919 bits per heavy atom. The van der Waals surface area contributed by atoms with Crippen molar-refractivity contribution in [1.82, 2.24) is 14.6 Å². The van der Waals surface area contributed by atoms with Crippen LogP contribution < -0.4 is 15.0 Å². The Morgan fingerprint density at radius 3 is 2.32 bits per heavy atom. The largest absolute Gasteiger partial charge is 0.303 e. The molecule has 3 heterocycles. The van der Waals surface area contributed by atoms with Crippen molar-refractivity contribution in [3.63, 3.8) is 0 Å². The van der Waals surface area contributed by atoms with Gasteiger partial charge >= 0.3 is 0 Å². The lowest BCUT2D eigenvalue weighted by Gasteiger charge is -2.18. The Bertz CT molecular complexity index is 1800. The van der Waals surface area contributed by atoms with Gasteiger partial charge in [-0.3, -0.25) is 9.59 Å². The standard InChI is InChI=1S/C29H23FN4O2S/c1-29(2,3)19-14-12-17(13-15-19)25-31-28-34(32-25)27(36)24(37-28)23-20-9-5-7-11-22(20)33(26(23)35)16-18-8-4-6-10-21(18)30/h4-15H,16H2,1-3H3/b24-23-. The van der Waals surface area contributed by atoms with Crippen LogP contribution in [0.1, 0.15) is 37.5 Å². The van der Waals surface area contributed by atoms with Gasteiger partial charge in [0.1, 0.15) is 10.3 Å². The zero-order valence-corrected chi connectivity index (χ0v) is 21.3. The molecule has 6 nitrogen and oxygen atoms in total. The van der Waals surface area contributed by atoms with E-state index in [-0.39, 0.29) is 28.2 Å². The van der Waals surface area contributed by atoms with Crippen LogP contribution in [0.2, 0.25) is 0 Å². The molecule has 8 heteroatoms. The highest BCUT2D eigenvalue weighted by Gasteiger charge is 2.34. The molecule has 1 aliphatic rings. The molecule has 0 aliphatic carbocycles. The van der Waals surface area contributed by atoms with Gasteiger partial charge in [0.2, 0.25) is 4.96 Å². The number of benzene rings is 3. The van der Waals surface area contributed by atoms with Crippen molar-refractivity contribution in [3.05, 3.63) is 110 Å². The molecule has 0 fully saturated rings. The fourth-order valence-electron chi connectivity index (χ4n) is 4.58. The number of para-hydroxylation sites is 1. The maximum Gasteiger partial charge on any atom is 0.291 e. The summed E-state index contributed by atoms with van der Waals surface area (Å²) in [4.78, 5) is 33.6. The van der Waals surface area contributed by atoms with Gasteiger partial charge in [0.25, 0.3) is 11.5 Å². The molecule has 184 valence electrons. The number of fused-ring (bicyclic) bond motifs is 2. The number of halogens is 1. The Balaban J connectivity index is 1.44. The second-order valence-electron chi connectivity index (χ2n) is 10.1. The maximum atomic E-state index is 14.4. The molecule has 1 aliphatic heterocycles. The monoisotopic (exact) mass is 510 g/mol. The lowest BCUT2D eigenvalue weighted by molar-refractivity contribution is -0.113. The summed E-state index contributed by atoms with van der Waals surface area (Å²) in [6.07, 6.45) is 0. The van der Waals surface area contributed by atoms with Gasteiger partial charge in [-0.2, -0.15) is 9.50 Å². The molecule has 0 N–H and O–H groups in total. The van der Waals surface area contributed by atoms with Crippen LogP contribution in [0.15, 0.2) is 77.6 Å². The lowest BCUT2D eigenvalue weighted by atomic mass is 9.87. The minimum absolute atomic E-state index is 0.0269. The summed E-state index contributed by atoms with van der Waals surface area (Å²) in [6, 6.07) is 21.6. The van der Waals surface area contributed by atoms with E-state index in [2.05, 4.69) is 30.9 Å². The molecular formula is C29H23FN4O2S. The quantitative estimate of drug-likeness (QED) is 0.352. The number of amides is 1. The van der Waals surface area contributed by atoms with E-state index in [0.29, 0.717) is 33.2 Å². The molecule has 1 amide bonds. The van der Waals surface area contributed by atoms with Gasteiger partial charge in [-0.1, -0.05) is 92.8 Å². The number of hydrogen-bond donors (Lipinski definition) is 0. The highest BCUT2D eigenvalue weighted by molar-refractivity contribution is 7.15. The molecule has 37 heavy (non-hydrogen) atoms. The Hall–Kier alpha value is -4.17. The molecule has 2 aromatic heterocycles. The van der Waals surface area contributed by atoms with Gasteiger partial charge in [0.15, 0.2) is 5.82 Å². The molecule has 5 aromatic rings. The third-order valence-electron chi connectivity index (χ3n) is 6.60. The highest BCUT2D eigenvalue weighted by atomic mass is 32.1. The molecule has 0 saturated carbocycles. The Morgan fingerprint density at radius 2 is 1.62 bits per heavy atom. The summed E-state index contributed by atoms with van der Waals surface area (Å²) in [5.74, 6) is -0.267. The van der Waals surface area contributed by atoms with Crippen LogP contribution in [0.5, 0.6) is 0 Å². The van der Waals surface area contributed by atoms with Crippen LogP contribution >= 0.6 is 11.3 Å². The number of hydrogen-bond acceptors (Lipinski definition) is 5. The summed E-state index contributed by atoms with van der Waals surface area (Å²) in [5, 5.41) is 4.46. The summed E-state index contributed by atoms with van der Waals surface area (Å²) >= 11 is 1.14.